The molecule has 0 heterocycles. The van der Waals surface area contributed by atoms with Crippen LogP contribution in [0.2, 0.25) is 0 Å². The number of carbonyl (C=O) groups is 1. The maximum Gasteiger partial charge on any atom is 0.407 e. The number of nitrogens with zero attached hydrogens (tertiary/aromatic N) is 2. The van der Waals surface area contributed by atoms with Gasteiger partial charge in [0.1, 0.15) is 0 Å². The van der Waals surface area contributed by atoms with Gasteiger partial charge in [0.2, 0.25) is 0 Å². The smallest absolute Gasteiger partial charge is 0.407 e. The Morgan fingerprint density at radius 2 is 1.87 bits per heavy atom. The molecule has 0 radical (unpaired) electrons. The third-order valence-corrected chi connectivity index (χ3v) is 7.77. The molecule has 0 aliphatic heterocycles. The number of benzene rings is 2. The summed E-state index contributed by atoms with van der Waals surface area (Å²) in [6.45, 7) is 8.08. The predicted molar refractivity (Wildman–Crippen MR) is 123 cm³/mol. The van der Waals surface area contributed by atoms with Crippen molar-refractivity contribution in [3.8, 4) is 0 Å². The van der Waals surface area contributed by atoms with Gasteiger partial charge in [-0.25, -0.2) is 13.2 Å². The Balaban J connectivity index is 1.82. The van der Waals surface area contributed by atoms with Gasteiger partial charge in [0, 0.05) is 19.6 Å². The second kappa shape index (κ2) is 9.14. The third kappa shape index (κ3) is 4.77. The van der Waals surface area contributed by atoms with E-state index in [2.05, 4.69) is 20.4 Å². The van der Waals surface area contributed by atoms with E-state index in [1.54, 1.807) is 31.3 Å². The standard InChI is InChI=1S/C24H30N2O4S/c1-5-14-26(24(27)28)22-11-7-19-15-21(10-6-20(19)16-22)25(4)31(29,30)23-12-8-18(9-13-23)17(2)3/h5-6,8-10,12-13,15,17,22H,1,7,11,14,16H2,2-4H3,(H,27,28)/t22-/m0/s1. The van der Waals surface area contributed by atoms with Crippen molar-refractivity contribution < 1.29 is 18.3 Å². The number of carboxylic acid groups (broad SMARTS) is 1. The van der Waals surface area contributed by atoms with Crippen molar-refractivity contribution in [1.82, 2.24) is 4.90 Å². The predicted octanol–water partition coefficient (Wildman–Crippen LogP) is 4.66. The van der Waals surface area contributed by atoms with Gasteiger partial charge in [-0.2, -0.15) is 0 Å². The van der Waals surface area contributed by atoms with Gasteiger partial charge in [-0.15, -0.1) is 6.58 Å². The molecular formula is C24H30N2O4S. The van der Waals surface area contributed by atoms with Crippen LogP contribution in [0.15, 0.2) is 60.0 Å². The Kier molecular flexibility index (Phi) is 6.74. The molecule has 0 unspecified atom stereocenters. The minimum atomic E-state index is -3.67. The fourth-order valence-electron chi connectivity index (χ4n) is 4.03. The van der Waals surface area contributed by atoms with Crippen LogP contribution in [-0.2, 0) is 22.9 Å². The van der Waals surface area contributed by atoms with Crippen LogP contribution in [0.5, 0.6) is 0 Å². The fraction of sp³-hybridized carbons (Fsp3) is 0.375. The molecular weight excluding hydrogens is 412 g/mol. The third-order valence-electron chi connectivity index (χ3n) is 5.97. The number of fused-ring (bicyclic) bond motifs is 1. The van der Waals surface area contributed by atoms with Crippen LogP contribution >= 0.6 is 0 Å². The maximum absolute atomic E-state index is 13.1. The Morgan fingerprint density at radius 1 is 1.19 bits per heavy atom. The lowest BCUT2D eigenvalue weighted by Crippen LogP contribution is -2.42. The molecule has 1 atom stereocenters. The second-order valence-electron chi connectivity index (χ2n) is 8.27. The van der Waals surface area contributed by atoms with Crippen LogP contribution in [-0.4, -0.2) is 44.2 Å². The van der Waals surface area contributed by atoms with Crippen molar-refractivity contribution in [2.45, 2.75) is 50.0 Å². The van der Waals surface area contributed by atoms with Crippen LogP contribution in [0.1, 0.15) is 42.9 Å². The molecule has 0 aromatic heterocycles. The molecule has 0 saturated carbocycles. The lowest BCUT2D eigenvalue weighted by atomic mass is 9.87. The molecule has 1 amide bonds. The lowest BCUT2D eigenvalue weighted by molar-refractivity contribution is 0.126. The zero-order chi connectivity index (χ0) is 22.8. The molecule has 0 bridgehead atoms. The summed E-state index contributed by atoms with van der Waals surface area (Å²) in [6.07, 6.45) is 2.66. The quantitative estimate of drug-likeness (QED) is 0.633. The number of aryl methyl sites for hydroxylation is 1. The first-order chi connectivity index (χ1) is 14.6. The number of amides is 1. The highest BCUT2D eigenvalue weighted by Gasteiger charge is 2.28. The number of rotatable bonds is 7. The topological polar surface area (TPSA) is 77.9 Å². The van der Waals surface area contributed by atoms with Crippen molar-refractivity contribution in [2.24, 2.45) is 0 Å². The zero-order valence-electron chi connectivity index (χ0n) is 18.3. The van der Waals surface area contributed by atoms with Gasteiger partial charge in [0.15, 0.2) is 0 Å². The van der Waals surface area contributed by atoms with Crippen molar-refractivity contribution in [1.29, 1.82) is 0 Å². The molecule has 31 heavy (non-hydrogen) atoms. The maximum atomic E-state index is 13.1. The largest absolute Gasteiger partial charge is 0.465 e. The molecule has 2 aromatic carbocycles. The highest BCUT2D eigenvalue weighted by molar-refractivity contribution is 7.92. The molecule has 2 aromatic rings. The Bertz CT molecular complexity index is 1060. The Labute approximate surface area is 184 Å². The Hall–Kier alpha value is -2.80. The van der Waals surface area contributed by atoms with Crippen LogP contribution in [0, 0.1) is 0 Å². The first-order valence-corrected chi connectivity index (χ1v) is 11.9. The summed E-state index contributed by atoms with van der Waals surface area (Å²) < 4.78 is 27.5. The summed E-state index contributed by atoms with van der Waals surface area (Å²) in [4.78, 5) is 13.2. The minimum absolute atomic E-state index is 0.102. The van der Waals surface area contributed by atoms with Crippen LogP contribution in [0.4, 0.5) is 10.5 Å². The Morgan fingerprint density at radius 3 is 2.45 bits per heavy atom. The molecule has 0 saturated heterocycles. The van der Waals surface area contributed by atoms with Gasteiger partial charge in [0.25, 0.3) is 10.0 Å². The van der Waals surface area contributed by atoms with E-state index in [9.17, 15) is 18.3 Å². The molecule has 166 valence electrons. The molecule has 6 nitrogen and oxygen atoms in total. The monoisotopic (exact) mass is 442 g/mol. The van der Waals surface area contributed by atoms with Crippen molar-refractivity contribution in [2.75, 3.05) is 17.9 Å². The van der Waals surface area contributed by atoms with Gasteiger partial charge in [-0.3, -0.25) is 4.31 Å². The normalized spacial score (nSPS) is 15.9. The highest BCUT2D eigenvalue weighted by Crippen LogP contribution is 2.30. The van der Waals surface area contributed by atoms with E-state index < -0.39 is 16.1 Å². The molecule has 3 rings (SSSR count). The van der Waals surface area contributed by atoms with Gasteiger partial charge in [0.05, 0.1) is 10.6 Å². The van der Waals surface area contributed by atoms with E-state index in [1.807, 2.05) is 24.3 Å². The summed E-state index contributed by atoms with van der Waals surface area (Å²) in [5, 5.41) is 9.47. The van der Waals surface area contributed by atoms with Crippen molar-refractivity contribution >= 4 is 21.8 Å². The summed E-state index contributed by atoms with van der Waals surface area (Å²) >= 11 is 0. The van der Waals surface area contributed by atoms with Gasteiger partial charge < -0.3 is 10.0 Å². The summed E-state index contributed by atoms with van der Waals surface area (Å²) in [5.41, 5.74) is 3.82. The summed E-state index contributed by atoms with van der Waals surface area (Å²) in [6, 6.07) is 12.5. The van der Waals surface area contributed by atoms with Crippen LogP contribution in [0.3, 0.4) is 0 Å². The van der Waals surface area contributed by atoms with Crippen molar-refractivity contribution in [3.63, 3.8) is 0 Å². The van der Waals surface area contributed by atoms with Crippen LogP contribution < -0.4 is 4.31 Å². The second-order valence-corrected chi connectivity index (χ2v) is 10.2. The summed E-state index contributed by atoms with van der Waals surface area (Å²) in [7, 11) is -2.10. The SMILES string of the molecule is C=CCN(C(=O)O)[C@H]1CCc2cc(N(C)S(=O)(=O)c3ccc(C(C)C)cc3)ccc2C1. The average Bonchev–Trinajstić information content (AvgIpc) is 2.76. The number of anilines is 1. The van der Waals surface area contributed by atoms with Crippen molar-refractivity contribution in [3.05, 3.63) is 71.8 Å². The summed E-state index contributed by atoms with van der Waals surface area (Å²) in [5.74, 6) is 0.336. The zero-order valence-corrected chi connectivity index (χ0v) is 19.1. The first kappa shape index (κ1) is 22.9. The van der Waals surface area contributed by atoms with E-state index in [-0.39, 0.29) is 10.9 Å². The van der Waals surface area contributed by atoms with Crippen LogP contribution in [0.25, 0.3) is 0 Å². The fourth-order valence-corrected chi connectivity index (χ4v) is 5.22. The molecule has 1 aliphatic carbocycles. The van der Waals surface area contributed by atoms with Gasteiger partial charge in [-0.1, -0.05) is 38.1 Å². The average molecular weight is 443 g/mol. The van der Waals surface area contributed by atoms with E-state index in [0.717, 1.165) is 16.7 Å². The van der Waals surface area contributed by atoms with E-state index in [0.29, 0.717) is 37.4 Å². The molecule has 1 N–H and O–H groups in total. The molecule has 1 aliphatic rings. The minimum Gasteiger partial charge on any atom is -0.465 e. The lowest BCUT2D eigenvalue weighted by Gasteiger charge is -2.33. The van der Waals surface area contributed by atoms with Gasteiger partial charge >= 0.3 is 6.09 Å². The molecule has 0 spiro atoms. The number of sulfonamides is 1. The van der Waals surface area contributed by atoms with E-state index >= 15 is 0 Å². The first-order valence-electron chi connectivity index (χ1n) is 10.5. The van der Waals surface area contributed by atoms with Gasteiger partial charge in [-0.05, 0) is 66.1 Å². The molecule has 0 fully saturated rings. The van der Waals surface area contributed by atoms with E-state index in [1.165, 1.54) is 9.21 Å². The number of hydrogen-bond donors (Lipinski definition) is 1. The molecule has 7 heteroatoms. The van der Waals surface area contributed by atoms with E-state index in [4.69, 9.17) is 0 Å². The number of hydrogen-bond acceptors (Lipinski definition) is 3. The highest BCUT2D eigenvalue weighted by atomic mass is 32.2.